The van der Waals surface area contributed by atoms with Gasteiger partial charge in [0.1, 0.15) is 5.37 Å². The molecule has 0 bridgehead atoms. The van der Waals surface area contributed by atoms with Gasteiger partial charge < -0.3 is 20.9 Å². The second kappa shape index (κ2) is 11.5. The van der Waals surface area contributed by atoms with Gasteiger partial charge in [-0.2, -0.15) is 0 Å². The molecule has 0 aromatic heterocycles. The van der Waals surface area contributed by atoms with E-state index >= 15 is 0 Å². The van der Waals surface area contributed by atoms with Gasteiger partial charge in [0.25, 0.3) is 0 Å². The molecule has 0 aliphatic carbocycles. The fraction of sp³-hybridized carbons (Fsp3) is 0.348. The maximum atomic E-state index is 11.5. The molecule has 0 spiro atoms. The van der Waals surface area contributed by atoms with Crippen molar-refractivity contribution in [3.8, 4) is 0 Å². The van der Waals surface area contributed by atoms with Gasteiger partial charge in [-0.25, -0.2) is 0 Å². The molecule has 2 aromatic carbocycles. The van der Waals surface area contributed by atoms with Crippen LogP contribution in [-0.2, 0) is 4.79 Å². The molecule has 1 atom stereocenters. The smallest absolute Gasteiger partial charge is 0.221 e. The van der Waals surface area contributed by atoms with E-state index < -0.39 is 0 Å². The number of hydrogen-bond donors (Lipinski definition) is 4. The number of nitrogens with zero attached hydrogens (tertiary/aromatic N) is 1. The molecular weight excluding hydrogens is 426 g/mol. The van der Waals surface area contributed by atoms with Gasteiger partial charge in [-0.3, -0.25) is 9.52 Å². The minimum absolute atomic E-state index is 0.0649. The van der Waals surface area contributed by atoms with Gasteiger partial charge in [0.2, 0.25) is 5.91 Å². The topological polar surface area (TPSA) is 68.4 Å². The average molecular weight is 458 g/mol. The molecular formula is C23H31N5OS2. The molecule has 0 saturated carbocycles. The van der Waals surface area contributed by atoms with Gasteiger partial charge in [-0.15, -0.1) is 0 Å². The van der Waals surface area contributed by atoms with Crippen molar-refractivity contribution in [1.29, 1.82) is 0 Å². The molecule has 166 valence electrons. The zero-order valence-corrected chi connectivity index (χ0v) is 20.1. The van der Waals surface area contributed by atoms with E-state index in [1.54, 1.807) is 11.9 Å². The maximum Gasteiger partial charge on any atom is 0.221 e. The highest BCUT2D eigenvalue weighted by Crippen LogP contribution is 2.49. The lowest BCUT2D eigenvalue weighted by atomic mass is 10.2. The summed E-state index contributed by atoms with van der Waals surface area (Å²) in [5.41, 5.74) is 4.37. The van der Waals surface area contributed by atoms with Crippen LogP contribution >= 0.6 is 23.7 Å². The summed E-state index contributed by atoms with van der Waals surface area (Å²) in [4.78, 5) is 16.1. The maximum absolute atomic E-state index is 11.5. The highest BCUT2D eigenvalue weighted by Gasteiger charge is 2.26. The molecule has 0 radical (unpaired) electrons. The van der Waals surface area contributed by atoms with Gasteiger partial charge in [-0.1, -0.05) is 30.0 Å². The number of amides is 1. The first-order chi connectivity index (χ1) is 15.0. The van der Waals surface area contributed by atoms with Gasteiger partial charge in [0, 0.05) is 60.5 Å². The first-order valence-corrected chi connectivity index (χ1v) is 12.1. The van der Waals surface area contributed by atoms with Crippen molar-refractivity contribution >= 4 is 45.9 Å². The number of anilines is 2. The molecule has 6 nitrogen and oxygen atoms in total. The summed E-state index contributed by atoms with van der Waals surface area (Å²) < 4.78 is 3.45. The summed E-state index contributed by atoms with van der Waals surface area (Å²) in [6.07, 6.45) is 3.26. The Morgan fingerprint density at radius 2 is 1.84 bits per heavy atom. The normalized spacial score (nSPS) is 15.7. The van der Waals surface area contributed by atoms with Crippen LogP contribution in [0, 0.1) is 0 Å². The van der Waals surface area contributed by atoms with Gasteiger partial charge in [-0.05, 0) is 61.8 Å². The number of benzene rings is 2. The van der Waals surface area contributed by atoms with E-state index in [1.165, 1.54) is 23.0 Å². The lowest BCUT2D eigenvalue weighted by Crippen LogP contribution is -2.14. The van der Waals surface area contributed by atoms with Crippen LogP contribution in [0.1, 0.15) is 29.8 Å². The molecule has 1 amide bonds. The molecule has 1 aliphatic heterocycles. The number of rotatable bonds is 10. The summed E-state index contributed by atoms with van der Waals surface area (Å²) in [6, 6.07) is 14.7. The van der Waals surface area contributed by atoms with E-state index in [9.17, 15) is 4.79 Å². The van der Waals surface area contributed by atoms with Crippen LogP contribution in [-0.4, -0.2) is 45.0 Å². The second-order valence-corrected chi connectivity index (χ2v) is 9.40. The third kappa shape index (κ3) is 6.43. The van der Waals surface area contributed by atoms with Crippen LogP contribution in [0.2, 0.25) is 0 Å². The summed E-state index contributed by atoms with van der Waals surface area (Å²) in [7, 11) is 6.01. The van der Waals surface area contributed by atoms with E-state index in [2.05, 4.69) is 69.2 Å². The molecule has 2 aromatic rings. The Morgan fingerprint density at radius 1 is 1.10 bits per heavy atom. The quantitative estimate of drug-likeness (QED) is 0.308. The molecule has 1 unspecified atom stereocenters. The number of carbonyl (C=O) groups excluding carboxylic acids is 1. The number of carbonyl (C=O) groups is 1. The Kier molecular flexibility index (Phi) is 8.71. The predicted octanol–water partition coefficient (Wildman–Crippen LogP) is 4.57. The first kappa shape index (κ1) is 23.5. The van der Waals surface area contributed by atoms with Crippen LogP contribution in [0.3, 0.4) is 0 Å². The highest BCUT2D eigenvalue weighted by molar-refractivity contribution is 8.08. The van der Waals surface area contributed by atoms with Crippen LogP contribution < -0.4 is 20.7 Å². The Labute approximate surface area is 193 Å². The Balaban J connectivity index is 1.79. The summed E-state index contributed by atoms with van der Waals surface area (Å²) in [6.45, 7) is 3.42. The van der Waals surface area contributed by atoms with Crippen LogP contribution in [0.4, 0.5) is 11.4 Å². The fourth-order valence-electron chi connectivity index (χ4n) is 3.29. The molecule has 3 rings (SSSR count). The van der Waals surface area contributed by atoms with E-state index in [4.69, 9.17) is 0 Å². The highest BCUT2D eigenvalue weighted by atomic mass is 32.2. The van der Waals surface area contributed by atoms with Gasteiger partial charge >= 0.3 is 0 Å². The van der Waals surface area contributed by atoms with Gasteiger partial charge in [0.05, 0.1) is 0 Å². The van der Waals surface area contributed by atoms with E-state index in [1.807, 2.05) is 38.0 Å². The first-order valence-electron chi connectivity index (χ1n) is 10.4. The van der Waals surface area contributed by atoms with Crippen molar-refractivity contribution in [1.82, 2.24) is 14.9 Å². The predicted molar refractivity (Wildman–Crippen MR) is 135 cm³/mol. The Morgan fingerprint density at radius 3 is 2.52 bits per heavy atom. The van der Waals surface area contributed by atoms with Crippen LogP contribution in [0.15, 0.2) is 53.6 Å². The standard InChI is InChI=1S/C23H31N5OS2/c1-16(29)27-19-10-11-20(21(14-19)31-26-13-5-12-24-2)22-15-28(4)23(30-22)17-6-8-18(25-3)9-7-17/h6-11,14-15,23-26H,5,12-13H2,1-4H3,(H,27,29). The molecule has 8 heteroatoms. The third-order valence-corrected chi connectivity index (χ3v) is 7.18. The minimum Gasteiger partial charge on any atom is -0.388 e. The molecule has 1 heterocycles. The van der Waals surface area contributed by atoms with E-state index in [0.717, 1.165) is 35.8 Å². The van der Waals surface area contributed by atoms with Crippen molar-refractivity contribution in [2.24, 2.45) is 0 Å². The van der Waals surface area contributed by atoms with Crippen molar-refractivity contribution < 1.29 is 4.79 Å². The molecule has 0 fully saturated rings. The molecule has 31 heavy (non-hydrogen) atoms. The van der Waals surface area contributed by atoms with Crippen molar-refractivity contribution in [3.05, 3.63) is 59.8 Å². The summed E-state index contributed by atoms with van der Waals surface area (Å²) in [5.74, 6) is -0.0649. The fourth-order valence-corrected chi connectivity index (χ4v) is 5.53. The lowest BCUT2D eigenvalue weighted by molar-refractivity contribution is -0.114. The number of thioether (sulfide) groups is 1. The molecule has 4 N–H and O–H groups in total. The van der Waals surface area contributed by atoms with Crippen molar-refractivity contribution in [3.63, 3.8) is 0 Å². The lowest BCUT2D eigenvalue weighted by Gasteiger charge is -2.20. The zero-order chi connectivity index (χ0) is 22.2. The average Bonchev–Trinajstić information content (AvgIpc) is 3.14. The molecule has 0 saturated heterocycles. The largest absolute Gasteiger partial charge is 0.388 e. The monoisotopic (exact) mass is 457 g/mol. The summed E-state index contributed by atoms with van der Waals surface area (Å²) in [5, 5.41) is 9.47. The van der Waals surface area contributed by atoms with Gasteiger partial charge in [0.15, 0.2) is 0 Å². The number of nitrogens with one attached hydrogen (secondary N) is 4. The van der Waals surface area contributed by atoms with Crippen molar-refractivity contribution in [2.45, 2.75) is 23.6 Å². The Bertz CT molecular complexity index is 917. The molecule has 1 aliphatic rings. The van der Waals surface area contributed by atoms with Crippen LogP contribution in [0.25, 0.3) is 4.91 Å². The zero-order valence-electron chi connectivity index (χ0n) is 18.5. The Hall–Kier alpha value is -2.13. The van der Waals surface area contributed by atoms with E-state index in [-0.39, 0.29) is 11.3 Å². The summed E-state index contributed by atoms with van der Waals surface area (Å²) >= 11 is 3.47. The van der Waals surface area contributed by atoms with Crippen LogP contribution in [0.5, 0.6) is 0 Å². The number of hydrogen-bond acceptors (Lipinski definition) is 7. The second-order valence-electron chi connectivity index (χ2n) is 7.35. The SMILES string of the molecule is CNCCCNSc1cc(NC(C)=O)ccc1C1=CN(C)C(c2ccc(NC)cc2)S1. The van der Waals surface area contributed by atoms with E-state index in [0.29, 0.717) is 0 Å². The third-order valence-electron chi connectivity index (χ3n) is 4.87. The minimum atomic E-state index is -0.0649. The van der Waals surface area contributed by atoms with Crippen molar-refractivity contribution in [2.75, 3.05) is 44.9 Å².